The molecule has 1 aromatic rings. The van der Waals surface area contributed by atoms with E-state index in [2.05, 4.69) is 31.9 Å². The third-order valence-corrected chi connectivity index (χ3v) is 3.92. The van der Waals surface area contributed by atoms with Crippen LogP contribution in [0.4, 0.5) is 5.69 Å². The van der Waals surface area contributed by atoms with Crippen LogP contribution in [-0.2, 0) is 9.59 Å². The molecule has 1 atom stereocenters. The fourth-order valence-electron chi connectivity index (χ4n) is 1.97. The Hall–Kier alpha value is -1.21. The molecule has 0 aromatic heterocycles. The summed E-state index contributed by atoms with van der Waals surface area (Å²) < 4.78 is 0.933. The van der Waals surface area contributed by atoms with E-state index in [9.17, 15) is 19.5 Å². The second-order valence-electron chi connectivity index (χ2n) is 4.26. The maximum Gasteiger partial charge on any atom is 0.337 e. The highest BCUT2D eigenvalue weighted by Gasteiger charge is 2.39. The van der Waals surface area contributed by atoms with E-state index in [0.29, 0.717) is 8.95 Å². The first-order chi connectivity index (χ1) is 8.82. The Morgan fingerprint density at radius 1 is 1.37 bits per heavy atom. The van der Waals surface area contributed by atoms with E-state index in [-0.39, 0.29) is 29.5 Å². The lowest BCUT2D eigenvalue weighted by Gasteiger charge is -2.19. The summed E-state index contributed by atoms with van der Waals surface area (Å²) in [6, 6.07) is 2.97. The Balaban J connectivity index is 2.65. The summed E-state index contributed by atoms with van der Waals surface area (Å²) in [5, 5.41) is 9.22. The highest BCUT2D eigenvalue weighted by Crippen LogP contribution is 2.37. The van der Waals surface area contributed by atoms with Crippen LogP contribution in [0.1, 0.15) is 23.7 Å². The zero-order chi connectivity index (χ0) is 14.3. The summed E-state index contributed by atoms with van der Waals surface area (Å²) in [6.07, 6.45) is 0.0976. The minimum atomic E-state index is -1.20. The Morgan fingerprint density at radius 2 is 2.00 bits per heavy atom. The lowest BCUT2D eigenvalue weighted by molar-refractivity contribution is -0.122. The van der Waals surface area contributed by atoms with Crippen LogP contribution in [0.15, 0.2) is 21.1 Å². The fraction of sp³-hybridized carbons (Fsp3) is 0.250. The van der Waals surface area contributed by atoms with Crippen LogP contribution in [0.5, 0.6) is 0 Å². The second-order valence-corrected chi connectivity index (χ2v) is 6.03. The van der Waals surface area contributed by atoms with Crippen molar-refractivity contribution in [3.63, 3.8) is 0 Å². The van der Waals surface area contributed by atoms with E-state index in [0.717, 1.165) is 4.90 Å². The number of hydrogen-bond acceptors (Lipinski definition) is 3. The molecular formula is C12H9Br2NO4. The lowest BCUT2D eigenvalue weighted by atomic mass is 10.1. The van der Waals surface area contributed by atoms with Crippen molar-refractivity contribution in [1.82, 2.24) is 0 Å². The van der Waals surface area contributed by atoms with E-state index in [1.807, 2.05) is 0 Å². The third kappa shape index (κ3) is 2.44. The molecule has 1 aliphatic heterocycles. The molecule has 1 unspecified atom stereocenters. The Labute approximate surface area is 125 Å². The van der Waals surface area contributed by atoms with Gasteiger partial charge in [0.25, 0.3) is 0 Å². The molecule has 1 fully saturated rings. The number of carboxylic acid groups (broad SMARTS) is 1. The number of nitrogens with zero attached hydrogens (tertiary/aromatic N) is 1. The summed E-state index contributed by atoms with van der Waals surface area (Å²) in [5.41, 5.74) is -0.00731. The number of amides is 2. The number of halogens is 2. The van der Waals surface area contributed by atoms with Gasteiger partial charge in [0.2, 0.25) is 11.8 Å². The molecule has 19 heavy (non-hydrogen) atoms. The molecule has 7 heteroatoms. The molecule has 0 aliphatic carbocycles. The quantitative estimate of drug-likeness (QED) is 0.788. The molecule has 0 radical (unpaired) electrons. The maximum atomic E-state index is 12.0. The summed E-state index contributed by atoms with van der Waals surface area (Å²) in [4.78, 5) is 36.1. The third-order valence-electron chi connectivity index (χ3n) is 2.85. The topological polar surface area (TPSA) is 74.7 Å². The van der Waals surface area contributed by atoms with Crippen molar-refractivity contribution >= 4 is 55.3 Å². The van der Waals surface area contributed by atoms with Gasteiger partial charge in [-0.3, -0.25) is 9.59 Å². The van der Waals surface area contributed by atoms with Crippen LogP contribution in [0.3, 0.4) is 0 Å². The predicted molar refractivity (Wildman–Crippen MR) is 75.1 cm³/mol. The fourth-order valence-corrected chi connectivity index (χ4v) is 3.38. The van der Waals surface area contributed by atoms with E-state index >= 15 is 0 Å². The van der Waals surface area contributed by atoms with Gasteiger partial charge in [-0.25, -0.2) is 9.69 Å². The average molecular weight is 391 g/mol. The molecule has 1 aromatic carbocycles. The highest BCUT2D eigenvalue weighted by molar-refractivity contribution is 9.11. The summed E-state index contributed by atoms with van der Waals surface area (Å²) in [5.74, 6) is -2.39. The number of rotatable bonds is 2. The molecule has 5 nitrogen and oxygen atoms in total. The van der Waals surface area contributed by atoms with Crippen LogP contribution >= 0.6 is 31.9 Å². The average Bonchev–Trinajstić information content (AvgIpc) is 2.53. The number of aromatic carboxylic acids is 1. The van der Waals surface area contributed by atoms with E-state index in [4.69, 9.17) is 0 Å². The molecule has 1 N–H and O–H groups in total. The number of hydrogen-bond donors (Lipinski definition) is 1. The smallest absolute Gasteiger partial charge is 0.337 e. The van der Waals surface area contributed by atoms with Crippen LogP contribution in [0.2, 0.25) is 0 Å². The molecule has 100 valence electrons. The predicted octanol–water partition coefficient (Wildman–Crippen LogP) is 2.81. The van der Waals surface area contributed by atoms with Gasteiger partial charge in [0.1, 0.15) is 0 Å². The van der Waals surface area contributed by atoms with Crippen LogP contribution in [0.25, 0.3) is 0 Å². The van der Waals surface area contributed by atoms with Gasteiger partial charge in [-0.2, -0.15) is 0 Å². The molecule has 2 rings (SSSR count). The van der Waals surface area contributed by atoms with Crippen LogP contribution in [-0.4, -0.2) is 22.9 Å². The Bertz CT molecular complexity index is 600. The standard InChI is InChI=1S/C12H9Br2NO4/c1-5-2-9(16)15(11(5)17)10-7(12(18)19)3-6(13)4-8(10)14/h3-5H,2H2,1H3,(H,18,19). The molecule has 1 saturated heterocycles. The van der Waals surface area contributed by atoms with Crippen molar-refractivity contribution in [1.29, 1.82) is 0 Å². The number of carboxylic acids is 1. The SMILES string of the molecule is CC1CC(=O)N(c2c(Br)cc(Br)cc2C(=O)O)C1=O. The van der Waals surface area contributed by atoms with Gasteiger partial charge >= 0.3 is 5.97 Å². The first-order valence-electron chi connectivity index (χ1n) is 5.42. The molecule has 0 spiro atoms. The van der Waals surface area contributed by atoms with Crippen molar-refractivity contribution in [3.05, 3.63) is 26.6 Å². The van der Waals surface area contributed by atoms with Gasteiger partial charge in [-0.05, 0) is 28.1 Å². The minimum Gasteiger partial charge on any atom is -0.478 e. The lowest BCUT2D eigenvalue weighted by Crippen LogP contribution is -2.32. The summed E-state index contributed by atoms with van der Waals surface area (Å²) in [6.45, 7) is 1.65. The molecule has 2 amide bonds. The van der Waals surface area contributed by atoms with Gasteiger partial charge in [-0.15, -0.1) is 0 Å². The van der Waals surface area contributed by atoms with E-state index in [1.165, 1.54) is 6.07 Å². The largest absolute Gasteiger partial charge is 0.478 e. The first-order valence-corrected chi connectivity index (χ1v) is 7.00. The highest BCUT2D eigenvalue weighted by atomic mass is 79.9. The molecule has 0 saturated carbocycles. The molecule has 0 bridgehead atoms. The number of carbonyl (C=O) groups excluding carboxylic acids is 2. The van der Waals surface area contributed by atoms with Gasteiger partial charge in [0.05, 0.1) is 11.3 Å². The van der Waals surface area contributed by atoms with Gasteiger partial charge in [0.15, 0.2) is 0 Å². The number of benzene rings is 1. The van der Waals surface area contributed by atoms with E-state index in [1.54, 1.807) is 13.0 Å². The normalized spacial score (nSPS) is 19.1. The van der Waals surface area contributed by atoms with Gasteiger partial charge in [0, 0.05) is 21.3 Å². The van der Waals surface area contributed by atoms with Crippen molar-refractivity contribution in [2.75, 3.05) is 4.90 Å². The summed E-state index contributed by atoms with van der Waals surface area (Å²) >= 11 is 6.40. The van der Waals surface area contributed by atoms with Gasteiger partial charge in [-0.1, -0.05) is 22.9 Å². The number of anilines is 1. The molecule has 1 heterocycles. The minimum absolute atomic E-state index is 0.0926. The summed E-state index contributed by atoms with van der Waals surface area (Å²) in [7, 11) is 0. The number of imide groups is 1. The van der Waals surface area contributed by atoms with Crippen molar-refractivity contribution < 1.29 is 19.5 Å². The maximum absolute atomic E-state index is 12.0. The second kappa shape index (κ2) is 5.05. The Kier molecular flexibility index (Phi) is 3.78. The molecular weight excluding hydrogens is 382 g/mol. The van der Waals surface area contributed by atoms with Crippen molar-refractivity contribution in [2.45, 2.75) is 13.3 Å². The zero-order valence-electron chi connectivity index (χ0n) is 9.81. The zero-order valence-corrected chi connectivity index (χ0v) is 13.0. The van der Waals surface area contributed by atoms with Crippen molar-refractivity contribution in [2.24, 2.45) is 5.92 Å². The van der Waals surface area contributed by atoms with Crippen LogP contribution in [0, 0.1) is 5.92 Å². The number of carbonyl (C=O) groups is 3. The molecule has 1 aliphatic rings. The van der Waals surface area contributed by atoms with Gasteiger partial charge < -0.3 is 5.11 Å². The van der Waals surface area contributed by atoms with E-state index < -0.39 is 11.9 Å². The monoisotopic (exact) mass is 389 g/mol. The van der Waals surface area contributed by atoms with Crippen LogP contribution < -0.4 is 4.90 Å². The van der Waals surface area contributed by atoms with Crippen molar-refractivity contribution in [3.8, 4) is 0 Å². The first kappa shape index (κ1) is 14.2. The Morgan fingerprint density at radius 3 is 2.47 bits per heavy atom.